The smallest absolute Gasteiger partial charge is 0.251 e. The molecule has 5 heteroatoms. The van der Waals surface area contributed by atoms with Crippen LogP contribution in [0.5, 0.6) is 0 Å². The van der Waals surface area contributed by atoms with Crippen molar-refractivity contribution >= 4 is 28.5 Å². The van der Waals surface area contributed by atoms with E-state index in [1.165, 1.54) is 0 Å². The third kappa shape index (κ3) is 4.06. The zero-order chi connectivity index (χ0) is 14.5. The topological polar surface area (TPSA) is 46.9 Å². The summed E-state index contributed by atoms with van der Waals surface area (Å²) in [6.07, 6.45) is 0.873. The number of hydrogen-bond donors (Lipinski definition) is 1. The van der Waals surface area contributed by atoms with E-state index in [0.717, 1.165) is 27.9 Å². The van der Waals surface area contributed by atoms with Crippen LogP contribution < -0.4 is 5.32 Å². The number of aromatic nitrogens is 2. The van der Waals surface area contributed by atoms with Gasteiger partial charge in [0.25, 0.3) is 5.91 Å². The SMILES string of the molecule is Cc1cc(C)n(CCCNC(=O)c2ccc(I)cc2)n1. The predicted octanol–water partition coefficient (Wildman–Crippen LogP) is 2.92. The van der Waals surface area contributed by atoms with Gasteiger partial charge in [0, 0.05) is 27.9 Å². The van der Waals surface area contributed by atoms with Gasteiger partial charge in [0.1, 0.15) is 0 Å². The summed E-state index contributed by atoms with van der Waals surface area (Å²) in [5.41, 5.74) is 2.90. The molecule has 106 valence electrons. The third-order valence-corrected chi connectivity index (χ3v) is 3.76. The summed E-state index contributed by atoms with van der Waals surface area (Å²) < 4.78 is 3.11. The van der Waals surface area contributed by atoms with Crippen molar-refractivity contribution in [3.8, 4) is 0 Å². The van der Waals surface area contributed by atoms with Crippen LogP contribution in [0.4, 0.5) is 0 Å². The Morgan fingerprint density at radius 1 is 1.30 bits per heavy atom. The molecule has 4 nitrogen and oxygen atoms in total. The average Bonchev–Trinajstić information content (AvgIpc) is 2.73. The standard InChI is InChI=1S/C15H18IN3O/c1-11-10-12(2)19(18-11)9-3-8-17-15(20)13-4-6-14(16)7-5-13/h4-7,10H,3,8-9H2,1-2H3,(H,17,20). The number of benzene rings is 1. The normalized spacial score (nSPS) is 10.6. The van der Waals surface area contributed by atoms with Gasteiger partial charge in [0.05, 0.1) is 5.69 Å². The van der Waals surface area contributed by atoms with Gasteiger partial charge in [-0.2, -0.15) is 5.10 Å². The lowest BCUT2D eigenvalue weighted by atomic mass is 10.2. The Balaban J connectivity index is 1.77. The molecule has 1 aromatic heterocycles. The van der Waals surface area contributed by atoms with E-state index >= 15 is 0 Å². The van der Waals surface area contributed by atoms with Crippen molar-refractivity contribution in [1.29, 1.82) is 0 Å². The van der Waals surface area contributed by atoms with Crippen LogP contribution in [-0.4, -0.2) is 22.2 Å². The Kier molecular flexibility index (Phi) is 5.17. The summed E-state index contributed by atoms with van der Waals surface area (Å²) in [6, 6.07) is 9.62. The van der Waals surface area contributed by atoms with Crippen molar-refractivity contribution in [3.63, 3.8) is 0 Å². The molecule has 0 fully saturated rings. The van der Waals surface area contributed by atoms with E-state index in [-0.39, 0.29) is 5.91 Å². The molecule has 0 saturated heterocycles. The molecule has 20 heavy (non-hydrogen) atoms. The molecule has 0 radical (unpaired) electrons. The monoisotopic (exact) mass is 383 g/mol. The fraction of sp³-hybridized carbons (Fsp3) is 0.333. The second kappa shape index (κ2) is 6.88. The number of nitrogens with zero attached hydrogens (tertiary/aromatic N) is 2. The molecule has 1 N–H and O–H groups in total. The van der Waals surface area contributed by atoms with Crippen molar-refractivity contribution in [2.24, 2.45) is 0 Å². The van der Waals surface area contributed by atoms with Crippen LogP contribution >= 0.6 is 22.6 Å². The number of rotatable bonds is 5. The van der Waals surface area contributed by atoms with Gasteiger partial charge in [-0.05, 0) is 73.2 Å². The summed E-state index contributed by atoms with van der Waals surface area (Å²) in [5, 5.41) is 7.33. The lowest BCUT2D eigenvalue weighted by Gasteiger charge is -2.07. The Morgan fingerprint density at radius 2 is 2.00 bits per heavy atom. The first-order chi connectivity index (χ1) is 9.56. The van der Waals surface area contributed by atoms with E-state index in [1.54, 1.807) is 0 Å². The molecule has 0 bridgehead atoms. The van der Waals surface area contributed by atoms with E-state index in [2.05, 4.69) is 39.1 Å². The van der Waals surface area contributed by atoms with Crippen LogP contribution in [0, 0.1) is 17.4 Å². The molecule has 0 spiro atoms. The molecular weight excluding hydrogens is 365 g/mol. The van der Waals surface area contributed by atoms with Gasteiger partial charge in [-0.25, -0.2) is 0 Å². The molecular formula is C15H18IN3O. The highest BCUT2D eigenvalue weighted by atomic mass is 127. The van der Waals surface area contributed by atoms with E-state index in [9.17, 15) is 4.79 Å². The van der Waals surface area contributed by atoms with Crippen LogP contribution in [-0.2, 0) is 6.54 Å². The quantitative estimate of drug-likeness (QED) is 0.638. The summed E-state index contributed by atoms with van der Waals surface area (Å²) in [7, 11) is 0. The van der Waals surface area contributed by atoms with Crippen molar-refractivity contribution in [2.45, 2.75) is 26.8 Å². The minimum Gasteiger partial charge on any atom is -0.352 e. The molecule has 1 amide bonds. The second-order valence-corrected chi connectivity index (χ2v) is 6.01. The minimum atomic E-state index is -0.0187. The highest BCUT2D eigenvalue weighted by molar-refractivity contribution is 14.1. The van der Waals surface area contributed by atoms with E-state index < -0.39 is 0 Å². The Hall–Kier alpha value is -1.37. The average molecular weight is 383 g/mol. The minimum absolute atomic E-state index is 0.0187. The zero-order valence-electron chi connectivity index (χ0n) is 11.7. The van der Waals surface area contributed by atoms with Crippen LogP contribution in [0.3, 0.4) is 0 Å². The van der Waals surface area contributed by atoms with E-state index in [4.69, 9.17) is 0 Å². The van der Waals surface area contributed by atoms with Gasteiger partial charge < -0.3 is 5.32 Å². The van der Waals surface area contributed by atoms with Gasteiger partial charge in [-0.3, -0.25) is 9.48 Å². The van der Waals surface area contributed by atoms with Gasteiger partial charge >= 0.3 is 0 Å². The zero-order valence-corrected chi connectivity index (χ0v) is 13.8. The third-order valence-electron chi connectivity index (χ3n) is 3.04. The molecule has 0 saturated carbocycles. The predicted molar refractivity (Wildman–Crippen MR) is 87.8 cm³/mol. The van der Waals surface area contributed by atoms with Gasteiger partial charge in [0.15, 0.2) is 0 Å². The fourth-order valence-electron chi connectivity index (χ4n) is 2.04. The number of halogens is 1. The fourth-order valence-corrected chi connectivity index (χ4v) is 2.39. The Labute approximate surface area is 132 Å². The summed E-state index contributed by atoms with van der Waals surface area (Å²) in [6.45, 7) is 5.52. The summed E-state index contributed by atoms with van der Waals surface area (Å²) in [5.74, 6) is -0.0187. The number of amides is 1. The number of aryl methyl sites for hydroxylation is 3. The Bertz CT molecular complexity index is 590. The second-order valence-electron chi connectivity index (χ2n) is 4.77. The molecule has 2 rings (SSSR count). The van der Waals surface area contributed by atoms with E-state index in [1.807, 2.05) is 42.8 Å². The molecule has 0 aliphatic rings. The van der Waals surface area contributed by atoms with Gasteiger partial charge in [-0.1, -0.05) is 0 Å². The number of carbonyl (C=O) groups excluding carboxylic acids is 1. The summed E-state index contributed by atoms with van der Waals surface area (Å²) in [4.78, 5) is 11.9. The molecule has 1 heterocycles. The van der Waals surface area contributed by atoms with Crippen molar-refractivity contribution in [2.75, 3.05) is 6.54 Å². The first-order valence-electron chi connectivity index (χ1n) is 6.61. The maximum atomic E-state index is 11.9. The molecule has 2 aromatic rings. The number of nitrogens with one attached hydrogen (secondary N) is 1. The van der Waals surface area contributed by atoms with Gasteiger partial charge in [-0.15, -0.1) is 0 Å². The van der Waals surface area contributed by atoms with Crippen LogP contribution in [0.15, 0.2) is 30.3 Å². The molecule has 0 unspecified atom stereocenters. The van der Waals surface area contributed by atoms with Crippen molar-refractivity contribution in [3.05, 3.63) is 50.9 Å². The number of carbonyl (C=O) groups is 1. The molecule has 0 aliphatic carbocycles. The molecule has 1 aromatic carbocycles. The highest BCUT2D eigenvalue weighted by Gasteiger charge is 2.05. The van der Waals surface area contributed by atoms with Crippen LogP contribution in [0.1, 0.15) is 28.2 Å². The first-order valence-corrected chi connectivity index (χ1v) is 7.69. The molecule has 0 atom stereocenters. The van der Waals surface area contributed by atoms with Crippen LogP contribution in [0.25, 0.3) is 0 Å². The first kappa shape index (κ1) is 15.0. The Morgan fingerprint density at radius 3 is 2.60 bits per heavy atom. The summed E-state index contributed by atoms with van der Waals surface area (Å²) >= 11 is 2.22. The van der Waals surface area contributed by atoms with Crippen molar-refractivity contribution in [1.82, 2.24) is 15.1 Å². The molecule has 0 aliphatic heterocycles. The maximum Gasteiger partial charge on any atom is 0.251 e. The highest BCUT2D eigenvalue weighted by Crippen LogP contribution is 2.06. The van der Waals surface area contributed by atoms with Gasteiger partial charge in [0.2, 0.25) is 0 Å². The van der Waals surface area contributed by atoms with Crippen molar-refractivity contribution < 1.29 is 4.79 Å². The van der Waals surface area contributed by atoms with E-state index in [0.29, 0.717) is 12.1 Å². The lowest BCUT2D eigenvalue weighted by molar-refractivity contribution is 0.0952. The number of hydrogen-bond acceptors (Lipinski definition) is 2. The van der Waals surface area contributed by atoms with Crippen LogP contribution in [0.2, 0.25) is 0 Å². The maximum absolute atomic E-state index is 11.9. The largest absolute Gasteiger partial charge is 0.352 e. The lowest BCUT2D eigenvalue weighted by Crippen LogP contribution is -2.25.